The highest BCUT2D eigenvalue weighted by atomic mass is 79.9. The number of nitrogens with zero attached hydrogens (tertiary/aromatic N) is 1. The van der Waals surface area contributed by atoms with Crippen molar-refractivity contribution in [3.63, 3.8) is 0 Å². The third-order valence-electron chi connectivity index (χ3n) is 4.95. The molecule has 3 rings (SSSR count). The largest absolute Gasteiger partial charge is 0.513 e. The van der Waals surface area contributed by atoms with Crippen molar-refractivity contribution in [3.05, 3.63) is 57.0 Å². The summed E-state index contributed by atoms with van der Waals surface area (Å²) in [4.78, 5) is 26.5. The van der Waals surface area contributed by atoms with Gasteiger partial charge in [-0.3, -0.25) is 4.79 Å². The maximum Gasteiger partial charge on any atom is 0.513 e. The molecule has 31 heavy (non-hydrogen) atoms. The number of fused-ring (bicyclic) bond motifs is 1. The fourth-order valence-corrected chi connectivity index (χ4v) is 4.28. The molecule has 0 spiro atoms. The highest BCUT2D eigenvalue weighted by molar-refractivity contribution is 9.10. The van der Waals surface area contributed by atoms with Gasteiger partial charge in [0.25, 0.3) is 0 Å². The minimum absolute atomic E-state index is 0.168. The van der Waals surface area contributed by atoms with E-state index in [1.165, 1.54) is 0 Å². The number of ether oxygens (including phenoxy) is 2. The van der Waals surface area contributed by atoms with Crippen molar-refractivity contribution >= 4 is 45.3 Å². The van der Waals surface area contributed by atoms with Crippen molar-refractivity contribution in [3.8, 4) is 5.75 Å². The van der Waals surface area contributed by atoms with E-state index in [0.29, 0.717) is 34.8 Å². The van der Waals surface area contributed by atoms with Crippen molar-refractivity contribution in [1.82, 2.24) is 0 Å². The minimum Gasteiger partial charge on any atom is -0.434 e. The predicted molar refractivity (Wildman–Crippen MR) is 125 cm³/mol. The number of carbonyl (C=O) groups is 2. The smallest absolute Gasteiger partial charge is 0.434 e. The second-order valence-corrected chi connectivity index (χ2v) is 9.22. The number of carbonyl (C=O) groups excluding carboxylic acids is 2. The van der Waals surface area contributed by atoms with Crippen LogP contribution in [0.25, 0.3) is 0 Å². The number of amides is 1. The Morgan fingerprint density at radius 3 is 2.74 bits per heavy atom. The molecule has 0 unspecified atom stereocenters. The fraction of sp³-hybridized carbons (Fsp3) is 0.391. The Labute approximate surface area is 195 Å². The van der Waals surface area contributed by atoms with Crippen LogP contribution in [0.2, 0.25) is 5.02 Å². The van der Waals surface area contributed by atoms with E-state index < -0.39 is 12.2 Å². The summed E-state index contributed by atoms with van der Waals surface area (Å²) in [6.45, 7) is 4.77. The number of nitrogens with two attached hydrogens (primary N) is 1. The summed E-state index contributed by atoms with van der Waals surface area (Å²) < 4.78 is 10.9. The Morgan fingerprint density at radius 2 is 2.03 bits per heavy atom. The molecule has 8 heteroatoms. The number of anilines is 1. The second kappa shape index (κ2) is 10.5. The molecule has 2 aromatic rings. The number of hydrogen-bond donors (Lipinski definition) is 1. The predicted octanol–water partition coefficient (Wildman–Crippen LogP) is 5.12. The lowest BCUT2D eigenvalue weighted by Crippen LogP contribution is -2.47. The van der Waals surface area contributed by atoms with Crippen LogP contribution in [0, 0.1) is 5.92 Å². The molecular weight excluding hydrogens is 484 g/mol. The van der Waals surface area contributed by atoms with Crippen LogP contribution in [0.15, 0.2) is 40.9 Å². The lowest BCUT2D eigenvalue weighted by Gasteiger charge is -2.32. The number of halogens is 2. The van der Waals surface area contributed by atoms with Gasteiger partial charge in [0.15, 0.2) is 0 Å². The summed E-state index contributed by atoms with van der Waals surface area (Å²) in [5.41, 5.74) is 8.94. The van der Waals surface area contributed by atoms with E-state index in [1.807, 2.05) is 26.0 Å². The first-order valence-electron chi connectivity index (χ1n) is 10.2. The van der Waals surface area contributed by atoms with Gasteiger partial charge in [0.1, 0.15) is 5.75 Å². The van der Waals surface area contributed by atoms with E-state index in [9.17, 15) is 9.59 Å². The van der Waals surface area contributed by atoms with Crippen molar-refractivity contribution in [2.24, 2.45) is 11.7 Å². The maximum absolute atomic E-state index is 13.1. The molecule has 1 aliphatic rings. The number of para-hydroxylation sites is 1. The number of hydrogen-bond acceptors (Lipinski definition) is 5. The van der Waals surface area contributed by atoms with Gasteiger partial charge >= 0.3 is 6.16 Å². The van der Waals surface area contributed by atoms with E-state index in [2.05, 4.69) is 15.9 Å². The van der Waals surface area contributed by atoms with Crippen molar-refractivity contribution < 1.29 is 19.1 Å². The third kappa shape index (κ3) is 5.99. The molecule has 0 aromatic heterocycles. The van der Waals surface area contributed by atoms with Crippen LogP contribution in [0.4, 0.5) is 10.5 Å². The van der Waals surface area contributed by atoms with Gasteiger partial charge in [-0.25, -0.2) is 4.79 Å². The first-order valence-corrected chi connectivity index (χ1v) is 11.4. The average molecular weight is 510 g/mol. The lowest BCUT2D eigenvalue weighted by atomic mass is 9.99. The minimum atomic E-state index is -0.749. The monoisotopic (exact) mass is 508 g/mol. The van der Waals surface area contributed by atoms with Gasteiger partial charge in [0.2, 0.25) is 5.91 Å². The van der Waals surface area contributed by atoms with Crippen molar-refractivity contribution in [2.45, 2.75) is 39.2 Å². The highest BCUT2D eigenvalue weighted by Gasteiger charge is 2.28. The third-order valence-corrected chi connectivity index (χ3v) is 5.99. The number of rotatable bonds is 6. The summed E-state index contributed by atoms with van der Waals surface area (Å²) >= 11 is 9.85. The first kappa shape index (κ1) is 23.6. The Hall–Kier alpha value is -2.09. The highest BCUT2D eigenvalue weighted by Crippen LogP contribution is 2.34. The molecular formula is C23H26BrClN2O4. The van der Waals surface area contributed by atoms with Crippen molar-refractivity contribution in [2.75, 3.05) is 18.1 Å². The Kier molecular flexibility index (Phi) is 7.97. The molecule has 0 bridgehead atoms. The molecule has 0 radical (unpaired) electrons. The SMILES string of the molecule is CC(C)COC(=O)Oc1ccc(C[C@H](N)C(=O)N2CCCc3cccc(Cl)c32)c(Br)c1. The lowest BCUT2D eigenvalue weighted by molar-refractivity contribution is -0.119. The van der Waals surface area contributed by atoms with Gasteiger partial charge in [-0.05, 0) is 54.5 Å². The van der Waals surface area contributed by atoms with Gasteiger partial charge < -0.3 is 20.1 Å². The normalized spacial score (nSPS) is 14.2. The number of benzene rings is 2. The van der Waals surface area contributed by atoms with Gasteiger partial charge in [-0.15, -0.1) is 0 Å². The van der Waals surface area contributed by atoms with Crippen molar-refractivity contribution in [1.29, 1.82) is 0 Å². The Bertz CT molecular complexity index is 967. The molecule has 1 amide bonds. The van der Waals surface area contributed by atoms with E-state index in [1.54, 1.807) is 29.2 Å². The van der Waals surface area contributed by atoms with Crippen LogP contribution in [0.3, 0.4) is 0 Å². The number of aryl methyl sites for hydroxylation is 1. The molecule has 0 saturated heterocycles. The zero-order valence-corrected chi connectivity index (χ0v) is 19.9. The van der Waals surface area contributed by atoms with Crippen LogP contribution < -0.4 is 15.4 Å². The summed E-state index contributed by atoms with van der Waals surface area (Å²) in [6.07, 6.45) is 1.34. The van der Waals surface area contributed by atoms with Crippen LogP contribution in [-0.4, -0.2) is 31.3 Å². The van der Waals surface area contributed by atoms with Gasteiger partial charge in [-0.2, -0.15) is 0 Å². The van der Waals surface area contributed by atoms with Gasteiger partial charge in [0, 0.05) is 11.0 Å². The fourth-order valence-electron chi connectivity index (χ4n) is 3.47. The van der Waals surface area contributed by atoms with Gasteiger partial charge in [-0.1, -0.05) is 59.6 Å². The van der Waals surface area contributed by atoms with Crippen LogP contribution in [0.5, 0.6) is 5.75 Å². The van der Waals surface area contributed by atoms with Crippen LogP contribution in [-0.2, 0) is 22.4 Å². The average Bonchev–Trinajstić information content (AvgIpc) is 2.73. The summed E-state index contributed by atoms with van der Waals surface area (Å²) in [5, 5.41) is 0.560. The van der Waals surface area contributed by atoms with E-state index in [-0.39, 0.29) is 11.8 Å². The zero-order valence-electron chi connectivity index (χ0n) is 17.6. The topological polar surface area (TPSA) is 81.9 Å². The quantitative estimate of drug-likeness (QED) is 0.431. The molecule has 2 N–H and O–H groups in total. The second-order valence-electron chi connectivity index (χ2n) is 7.96. The first-order chi connectivity index (χ1) is 14.8. The zero-order chi connectivity index (χ0) is 22.5. The Morgan fingerprint density at radius 1 is 1.26 bits per heavy atom. The summed E-state index contributed by atoms with van der Waals surface area (Å²) in [5.74, 6) is 0.405. The van der Waals surface area contributed by atoms with Crippen LogP contribution in [0.1, 0.15) is 31.4 Å². The molecule has 0 saturated carbocycles. The molecule has 1 heterocycles. The van der Waals surface area contributed by atoms with E-state index in [0.717, 1.165) is 29.7 Å². The maximum atomic E-state index is 13.1. The molecule has 2 aromatic carbocycles. The van der Waals surface area contributed by atoms with E-state index >= 15 is 0 Å². The standard InChI is InChI=1S/C23H26BrClN2O4/c1-14(2)13-30-23(29)31-17-9-8-16(18(24)12-17)11-20(26)22(28)27-10-4-6-15-5-3-7-19(25)21(15)27/h3,5,7-9,12,14,20H,4,6,10-11,13,26H2,1-2H3/t20-/m0/s1. The summed E-state index contributed by atoms with van der Waals surface area (Å²) in [7, 11) is 0. The molecule has 0 aliphatic carbocycles. The molecule has 6 nitrogen and oxygen atoms in total. The van der Waals surface area contributed by atoms with E-state index in [4.69, 9.17) is 26.8 Å². The molecule has 1 atom stereocenters. The molecule has 0 fully saturated rings. The van der Waals surface area contributed by atoms with Gasteiger partial charge in [0.05, 0.1) is 23.4 Å². The Balaban J connectivity index is 1.66. The summed E-state index contributed by atoms with van der Waals surface area (Å²) in [6, 6.07) is 10.0. The molecule has 1 aliphatic heterocycles. The molecule has 166 valence electrons. The van der Waals surface area contributed by atoms with Crippen LogP contribution >= 0.6 is 27.5 Å².